The molecule has 1 saturated carbocycles. The second kappa shape index (κ2) is 6.37. The second-order valence-electron chi connectivity index (χ2n) is 7.39. The van der Waals surface area contributed by atoms with Crippen molar-refractivity contribution in [3.05, 3.63) is 35.4 Å². The summed E-state index contributed by atoms with van der Waals surface area (Å²) >= 11 is 0. The molecule has 3 unspecified atom stereocenters. The Labute approximate surface area is 148 Å². The molecular formula is C18H24N2O4S. The number of carboxylic acids is 1. The van der Waals surface area contributed by atoms with Gasteiger partial charge in [0.1, 0.15) is 6.04 Å². The monoisotopic (exact) mass is 364 g/mol. The van der Waals surface area contributed by atoms with E-state index in [0.717, 1.165) is 31.2 Å². The molecule has 0 spiro atoms. The second-order valence-corrected chi connectivity index (χ2v) is 9.23. The van der Waals surface area contributed by atoms with E-state index in [1.54, 1.807) is 0 Å². The summed E-state index contributed by atoms with van der Waals surface area (Å²) in [5, 5.41) is 9.63. The van der Waals surface area contributed by atoms with Gasteiger partial charge in [-0.25, -0.2) is 0 Å². The highest BCUT2D eigenvalue weighted by atomic mass is 32.2. The van der Waals surface area contributed by atoms with Crippen LogP contribution in [0.4, 0.5) is 0 Å². The van der Waals surface area contributed by atoms with Gasteiger partial charge < -0.3 is 5.11 Å². The number of nitrogens with zero attached hydrogens (tertiary/aromatic N) is 2. The molecule has 2 heterocycles. The highest BCUT2D eigenvalue weighted by Gasteiger charge is 2.52. The molecule has 1 N–H and O–H groups in total. The van der Waals surface area contributed by atoms with Gasteiger partial charge in [0.15, 0.2) is 0 Å². The number of benzene rings is 1. The van der Waals surface area contributed by atoms with Gasteiger partial charge in [-0.15, -0.1) is 0 Å². The van der Waals surface area contributed by atoms with Crippen molar-refractivity contribution in [1.29, 1.82) is 0 Å². The van der Waals surface area contributed by atoms with Gasteiger partial charge in [0.25, 0.3) is 10.2 Å². The Morgan fingerprint density at radius 2 is 1.84 bits per heavy atom. The molecule has 136 valence electrons. The van der Waals surface area contributed by atoms with Crippen LogP contribution in [0.3, 0.4) is 0 Å². The predicted octanol–water partition coefficient (Wildman–Crippen LogP) is 2.01. The zero-order chi connectivity index (χ0) is 17.6. The fraction of sp³-hybridized carbons (Fsp3) is 0.611. The number of hydrogen-bond donors (Lipinski definition) is 1. The van der Waals surface area contributed by atoms with Crippen molar-refractivity contribution >= 4 is 16.2 Å². The van der Waals surface area contributed by atoms with Gasteiger partial charge >= 0.3 is 5.97 Å². The molecule has 1 aliphatic carbocycles. The first-order valence-electron chi connectivity index (χ1n) is 9.06. The lowest BCUT2D eigenvalue weighted by molar-refractivity contribution is -0.141. The van der Waals surface area contributed by atoms with Gasteiger partial charge in [0.2, 0.25) is 0 Å². The molecule has 4 rings (SSSR count). The van der Waals surface area contributed by atoms with Crippen molar-refractivity contribution in [2.45, 2.75) is 57.2 Å². The minimum atomic E-state index is -3.78. The fourth-order valence-electron chi connectivity index (χ4n) is 4.76. The zero-order valence-electron chi connectivity index (χ0n) is 14.2. The first kappa shape index (κ1) is 17.0. The average molecular weight is 364 g/mol. The van der Waals surface area contributed by atoms with Gasteiger partial charge in [-0.2, -0.15) is 17.0 Å². The molecule has 7 heteroatoms. The van der Waals surface area contributed by atoms with Crippen molar-refractivity contribution in [3.8, 4) is 0 Å². The maximum absolute atomic E-state index is 13.4. The molecule has 3 atom stereocenters. The zero-order valence-corrected chi connectivity index (χ0v) is 15.0. The van der Waals surface area contributed by atoms with E-state index < -0.39 is 22.2 Å². The minimum Gasteiger partial charge on any atom is -0.480 e. The summed E-state index contributed by atoms with van der Waals surface area (Å²) in [4.78, 5) is 11.8. The summed E-state index contributed by atoms with van der Waals surface area (Å²) in [6.45, 7) is 0.748. The lowest BCUT2D eigenvalue weighted by atomic mass is 9.85. The number of aliphatic carboxylic acids is 1. The summed E-state index contributed by atoms with van der Waals surface area (Å²) in [6.07, 6.45) is 4.88. The molecule has 2 fully saturated rings. The predicted molar refractivity (Wildman–Crippen MR) is 93.1 cm³/mol. The van der Waals surface area contributed by atoms with Crippen LogP contribution in [0.25, 0.3) is 0 Å². The highest BCUT2D eigenvalue weighted by molar-refractivity contribution is 7.86. The van der Waals surface area contributed by atoms with Crippen LogP contribution in [0.1, 0.15) is 43.2 Å². The summed E-state index contributed by atoms with van der Waals surface area (Å²) in [6, 6.07) is 6.80. The maximum atomic E-state index is 13.4. The molecule has 0 aromatic heterocycles. The molecular weight excluding hydrogens is 340 g/mol. The average Bonchev–Trinajstić information content (AvgIpc) is 3.02. The van der Waals surface area contributed by atoms with Crippen molar-refractivity contribution in [2.75, 3.05) is 6.54 Å². The van der Waals surface area contributed by atoms with E-state index in [1.807, 2.05) is 24.3 Å². The first-order chi connectivity index (χ1) is 12.0. The van der Waals surface area contributed by atoms with Crippen LogP contribution in [0, 0.1) is 5.92 Å². The molecule has 0 amide bonds. The Morgan fingerprint density at radius 3 is 2.60 bits per heavy atom. The standard InChI is InChI=1S/C18H24N2O4S/c21-18(22)17-11-14-6-3-4-8-16(14)20(17)25(23,24)19-10-9-13-5-1-2-7-15(13)12-19/h1-2,5,7,14,16-17H,3-4,6,8-12H2,(H,21,22). The quantitative estimate of drug-likeness (QED) is 0.890. The van der Waals surface area contributed by atoms with Gasteiger partial charge in [-0.3, -0.25) is 4.79 Å². The molecule has 6 nitrogen and oxygen atoms in total. The summed E-state index contributed by atoms with van der Waals surface area (Å²) in [7, 11) is -3.78. The Kier molecular flexibility index (Phi) is 4.33. The largest absolute Gasteiger partial charge is 0.480 e. The summed E-state index contributed by atoms with van der Waals surface area (Å²) in [5.41, 5.74) is 2.20. The third-order valence-electron chi connectivity index (χ3n) is 6.00. The summed E-state index contributed by atoms with van der Waals surface area (Å²) < 4.78 is 29.5. The van der Waals surface area contributed by atoms with Crippen molar-refractivity contribution in [3.63, 3.8) is 0 Å². The molecule has 25 heavy (non-hydrogen) atoms. The van der Waals surface area contributed by atoms with Gasteiger partial charge in [0, 0.05) is 19.1 Å². The minimum absolute atomic E-state index is 0.156. The summed E-state index contributed by atoms with van der Waals surface area (Å²) in [5.74, 6) is -0.836. The Balaban J connectivity index is 1.65. The molecule has 3 aliphatic rings. The third kappa shape index (κ3) is 2.88. The van der Waals surface area contributed by atoms with Crippen LogP contribution in [0.2, 0.25) is 0 Å². The number of carbonyl (C=O) groups is 1. The normalized spacial score (nSPS) is 30.6. The van der Waals surface area contributed by atoms with Crippen molar-refractivity contribution in [1.82, 2.24) is 8.61 Å². The van der Waals surface area contributed by atoms with E-state index in [0.29, 0.717) is 25.9 Å². The number of hydrogen-bond acceptors (Lipinski definition) is 3. The Morgan fingerprint density at radius 1 is 1.12 bits per heavy atom. The van der Waals surface area contributed by atoms with E-state index in [1.165, 1.54) is 14.2 Å². The van der Waals surface area contributed by atoms with E-state index in [-0.39, 0.29) is 12.0 Å². The smallest absolute Gasteiger partial charge is 0.322 e. The molecule has 0 radical (unpaired) electrons. The molecule has 1 aromatic rings. The van der Waals surface area contributed by atoms with Crippen LogP contribution in [-0.2, 0) is 28.0 Å². The van der Waals surface area contributed by atoms with Crippen LogP contribution >= 0.6 is 0 Å². The Bertz CT molecular complexity index is 779. The van der Waals surface area contributed by atoms with E-state index in [9.17, 15) is 18.3 Å². The maximum Gasteiger partial charge on any atom is 0.322 e. The SMILES string of the molecule is O=C(O)C1CC2CCCCC2N1S(=O)(=O)N1CCc2ccccc2C1. The highest BCUT2D eigenvalue weighted by Crippen LogP contribution is 2.42. The van der Waals surface area contributed by atoms with Gasteiger partial charge in [-0.1, -0.05) is 37.1 Å². The van der Waals surface area contributed by atoms with E-state index in [2.05, 4.69) is 0 Å². The van der Waals surface area contributed by atoms with Gasteiger partial charge in [0.05, 0.1) is 0 Å². The van der Waals surface area contributed by atoms with Crippen LogP contribution in [0.5, 0.6) is 0 Å². The number of carboxylic acid groups (broad SMARTS) is 1. The number of rotatable bonds is 3. The van der Waals surface area contributed by atoms with Crippen LogP contribution in [-0.4, -0.2) is 46.7 Å². The fourth-order valence-corrected chi connectivity index (χ4v) is 6.77. The van der Waals surface area contributed by atoms with Crippen LogP contribution in [0.15, 0.2) is 24.3 Å². The first-order valence-corrected chi connectivity index (χ1v) is 10.5. The third-order valence-corrected chi connectivity index (χ3v) is 8.02. The van der Waals surface area contributed by atoms with Gasteiger partial charge in [-0.05, 0) is 42.7 Å². The van der Waals surface area contributed by atoms with E-state index >= 15 is 0 Å². The molecule has 1 aromatic carbocycles. The van der Waals surface area contributed by atoms with E-state index in [4.69, 9.17) is 0 Å². The number of fused-ring (bicyclic) bond motifs is 2. The van der Waals surface area contributed by atoms with Crippen molar-refractivity contribution < 1.29 is 18.3 Å². The van der Waals surface area contributed by atoms with Crippen LogP contribution < -0.4 is 0 Å². The Hall–Kier alpha value is -1.44. The lowest BCUT2D eigenvalue weighted by Crippen LogP contribution is -2.53. The topological polar surface area (TPSA) is 77.9 Å². The lowest BCUT2D eigenvalue weighted by Gasteiger charge is -2.37. The molecule has 2 aliphatic heterocycles. The molecule has 1 saturated heterocycles. The van der Waals surface area contributed by atoms with Crippen molar-refractivity contribution in [2.24, 2.45) is 5.92 Å². The molecule has 0 bridgehead atoms.